The molecular formula is C23H22ClF4N7O2. The fourth-order valence-corrected chi connectivity index (χ4v) is 3.65. The summed E-state index contributed by atoms with van der Waals surface area (Å²) in [5.41, 5.74) is 3.13. The molecule has 3 aromatic rings. The quantitative estimate of drug-likeness (QED) is 0.234. The van der Waals surface area contributed by atoms with E-state index in [2.05, 4.69) is 40.4 Å². The van der Waals surface area contributed by atoms with Crippen LogP contribution in [0.1, 0.15) is 5.56 Å². The van der Waals surface area contributed by atoms with Crippen molar-refractivity contribution in [3.8, 4) is 17.1 Å². The van der Waals surface area contributed by atoms with Gasteiger partial charge in [-0.3, -0.25) is 4.90 Å². The molecule has 0 atom stereocenters. The molecule has 0 radical (unpaired) electrons. The monoisotopic (exact) mass is 539 g/mol. The maximum absolute atomic E-state index is 14.5. The van der Waals surface area contributed by atoms with Gasteiger partial charge in [-0.15, -0.1) is 13.2 Å². The molecular weight excluding hydrogens is 518 g/mol. The van der Waals surface area contributed by atoms with Gasteiger partial charge in [-0.1, -0.05) is 17.7 Å². The Bertz CT molecular complexity index is 1200. The molecule has 1 saturated heterocycles. The standard InChI is InChI=1S/C23H22ClF4N7O2/c24-17-2-1-3-18(25)19(17)20-31-21(29-8-9-35-10-12-36-13-11-35)33-22(32-20)34-30-14-15-4-6-16(7-5-15)37-23(26,27)28/h1-7,14H,8-13H2,(H2,29,31,32,33,34)/b30-14-. The molecule has 0 aliphatic carbocycles. The van der Waals surface area contributed by atoms with E-state index in [1.54, 1.807) is 0 Å². The summed E-state index contributed by atoms with van der Waals surface area (Å²) in [5, 5.41) is 7.26. The van der Waals surface area contributed by atoms with Crippen molar-refractivity contribution in [1.82, 2.24) is 19.9 Å². The molecule has 0 spiro atoms. The van der Waals surface area contributed by atoms with E-state index in [4.69, 9.17) is 16.3 Å². The first-order valence-electron chi connectivity index (χ1n) is 11.2. The molecule has 1 aliphatic heterocycles. The number of hydrogen-bond acceptors (Lipinski definition) is 9. The lowest BCUT2D eigenvalue weighted by Gasteiger charge is -2.26. The van der Waals surface area contributed by atoms with E-state index in [1.165, 1.54) is 36.5 Å². The number of morpholine rings is 1. The Morgan fingerprint density at radius 3 is 2.49 bits per heavy atom. The minimum Gasteiger partial charge on any atom is -0.406 e. The van der Waals surface area contributed by atoms with Crippen molar-refractivity contribution in [3.63, 3.8) is 0 Å². The van der Waals surface area contributed by atoms with E-state index in [-0.39, 0.29) is 34.1 Å². The number of hydrogen-bond donors (Lipinski definition) is 2. The Kier molecular flexibility index (Phi) is 8.69. The van der Waals surface area contributed by atoms with Gasteiger partial charge in [-0.25, -0.2) is 9.82 Å². The second-order valence-corrected chi connectivity index (χ2v) is 8.18. The third-order valence-corrected chi connectivity index (χ3v) is 5.44. The van der Waals surface area contributed by atoms with Gasteiger partial charge >= 0.3 is 6.36 Å². The predicted octanol–water partition coefficient (Wildman–Crippen LogP) is 4.42. The molecule has 1 aliphatic rings. The van der Waals surface area contributed by atoms with Crippen LogP contribution in [-0.4, -0.2) is 71.8 Å². The summed E-state index contributed by atoms with van der Waals surface area (Å²) < 4.78 is 60.7. The van der Waals surface area contributed by atoms with Gasteiger partial charge in [0.2, 0.25) is 11.9 Å². The van der Waals surface area contributed by atoms with E-state index >= 15 is 0 Å². The van der Waals surface area contributed by atoms with E-state index in [0.29, 0.717) is 25.3 Å². The fourth-order valence-electron chi connectivity index (χ4n) is 3.40. The number of halogens is 5. The van der Waals surface area contributed by atoms with E-state index in [1.807, 2.05) is 0 Å². The Hall–Kier alpha value is -3.55. The van der Waals surface area contributed by atoms with Crippen molar-refractivity contribution >= 4 is 29.7 Å². The molecule has 196 valence electrons. The van der Waals surface area contributed by atoms with Crippen LogP contribution in [0.2, 0.25) is 5.02 Å². The van der Waals surface area contributed by atoms with Gasteiger partial charge in [0.1, 0.15) is 11.6 Å². The molecule has 1 aromatic heterocycles. The minimum absolute atomic E-state index is 0.00155. The first kappa shape index (κ1) is 26.5. The van der Waals surface area contributed by atoms with Crippen molar-refractivity contribution in [2.45, 2.75) is 6.36 Å². The molecule has 1 fully saturated rings. The van der Waals surface area contributed by atoms with Crippen LogP contribution in [0, 0.1) is 5.82 Å². The summed E-state index contributed by atoms with van der Waals surface area (Å²) in [6, 6.07) is 9.34. The number of aromatic nitrogens is 3. The van der Waals surface area contributed by atoms with Crippen LogP contribution in [0.5, 0.6) is 5.75 Å². The third-order valence-electron chi connectivity index (χ3n) is 5.13. The molecule has 0 unspecified atom stereocenters. The number of nitrogens with one attached hydrogen (secondary N) is 2. The van der Waals surface area contributed by atoms with Gasteiger partial charge < -0.3 is 14.8 Å². The molecule has 37 heavy (non-hydrogen) atoms. The zero-order chi connectivity index (χ0) is 26.3. The highest BCUT2D eigenvalue weighted by Crippen LogP contribution is 2.29. The van der Waals surface area contributed by atoms with Crippen molar-refractivity contribution in [2.24, 2.45) is 5.10 Å². The predicted molar refractivity (Wildman–Crippen MR) is 130 cm³/mol. The number of alkyl halides is 3. The summed E-state index contributed by atoms with van der Waals surface area (Å²) in [7, 11) is 0. The number of benzene rings is 2. The van der Waals surface area contributed by atoms with Gasteiger partial charge in [0.05, 0.1) is 30.0 Å². The van der Waals surface area contributed by atoms with Crippen molar-refractivity contribution in [1.29, 1.82) is 0 Å². The molecule has 2 aromatic carbocycles. The topological polar surface area (TPSA) is 96.8 Å². The number of nitrogens with zero attached hydrogens (tertiary/aromatic N) is 5. The summed E-state index contributed by atoms with van der Waals surface area (Å²) in [6.07, 6.45) is -3.43. The van der Waals surface area contributed by atoms with Crippen LogP contribution >= 0.6 is 11.6 Å². The SMILES string of the molecule is Fc1cccc(Cl)c1-c1nc(NCCN2CCOCC2)nc(N/N=C\c2ccc(OC(F)(F)F)cc2)n1. The summed E-state index contributed by atoms with van der Waals surface area (Å²) in [4.78, 5) is 15.0. The molecule has 4 rings (SSSR count). The second-order valence-electron chi connectivity index (χ2n) is 7.77. The Labute approximate surface area is 214 Å². The molecule has 0 bridgehead atoms. The summed E-state index contributed by atoms with van der Waals surface area (Å²) in [5.74, 6) is -0.767. The third kappa shape index (κ3) is 7.97. The smallest absolute Gasteiger partial charge is 0.406 e. The maximum Gasteiger partial charge on any atom is 0.573 e. The summed E-state index contributed by atoms with van der Waals surface area (Å²) in [6.45, 7) is 4.22. The highest BCUT2D eigenvalue weighted by Gasteiger charge is 2.30. The van der Waals surface area contributed by atoms with Gasteiger partial charge in [-0.05, 0) is 42.0 Å². The van der Waals surface area contributed by atoms with Gasteiger partial charge in [0, 0.05) is 26.2 Å². The lowest BCUT2D eigenvalue weighted by atomic mass is 10.2. The first-order valence-corrected chi connectivity index (χ1v) is 11.5. The van der Waals surface area contributed by atoms with Gasteiger partial charge in [0.25, 0.3) is 0 Å². The van der Waals surface area contributed by atoms with Crippen LogP contribution < -0.4 is 15.5 Å². The molecule has 0 saturated carbocycles. The largest absolute Gasteiger partial charge is 0.573 e. The van der Waals surface area contributed by atoms with E-state index in [9.17, 15) is 17.6 Å². The van der Waals surface area contributed by atoms with Gasteiger partial charge in [-0.2, -0.15) is 20.1 Å². The van der Waals surface area contributed by atoms with Crippen LogP contribution in [0.3, 0.4) is 0 Å². The maximum atomic E-state index is 14.5. The average Bonchev–Trinajstić information content (AvgIpc) is 2.85. The van der Waals surface area contributed by atoms with Crippen molar-refractivity contribution in [3.05, 3.63) is 58.9 Å². The first-order chi connectivity index (χ1) is 17.8. The fraction of sp³-hybridized carbons (Fsp3) is 0.304. The van der Waals surface area contributed by atoms with Crippen molar-refractivity contribution < 1.29 is 27.0 Å². The lowest BCUT2D eigenvalue weighted by Crippen LogP contribution is -2.39. The highest BCUT2D eigenvalue weighted by molar-refractivity contribution is 6.33. The Balaban J connectivity index is 1.49. The number of ether oxygens (including phenoxy) is 2. The Morgan fingerprint density at radius 1 is 1.05 bits per heavy atom. The average molecular weight is 540 g/mol. The highest BCUT2D eigenvalue weighted by atomic mass is 35.5. The lowest BCUT2D eigenvalue weighted by molar-refractivity contribution is -0.274. The van der Waals surface area contributed by atoms with Gasteiger partial charge in [0.15, 0.2) is 5.82 Å². The molecule has 2 heterocycles. The van der Waals surface area contributed by atoms with E-state index in [0.717, 1.165) is 31.8 Å². The molecule has 0 amide bonds. The number of anilines is 2. The zero-order valence-electron chi connectivity index (χ0n) is 19.3. The van der Waals surface area contributed by atoms with E-state index < -0.39 is 12.2 Å². The second kappa shape index (κ2) is 12.1. The molecule has 2 N–H and O–H groups in total. The number of hydrazone groups is 1. The molecule has 9 nitrogen and oxygen atoms in total. The van der Waals surface area contributed by atoms with Crippen LogP contribution in [0.4, 0.5) is 29.5 Å². The van der Waals surface area contributed by atoms with Crippen LogP contribution in [0.15, 0.2) is 47.6 Å². The summed E-state index contributed by atoms with van der Waals surface area (Å²) >= 11 is 6.20. The Morgan fingerprint density at radius 2 is 1.78 bits per heavy atom. The van der Waals surface area contributed by atoms with Crippen LogP contribution in [-0.2, 0) is 4.74 Å². The molecule has 14 heteroatoms. The number of rotatable bonds is 9. The zero-order valence-corrected chi connectivity index (χ0v) is 20.1. The van der Waals surface area contributed by atoms with Crippen molar-refractivity contribution in [2.75, 3.05) is 50.1 Å². The minimum atomic E-state index is -4.78. The van der Waals surface area contributed by atoms with Crippen LogP contribution in [0.25, 0.3) is 11.4 Å². The normalized spacial score (nSPS) is 14.6.